The lowest BCUT2D eigenvalue weighted by molar-refractivity contribution is 0.0900. The van der Waals surface area contributed by atoms with Gasteiger partial charge in [0.15, 0.2) is 5.96 Å². The lowest BCUT2D eigenvalue weighted by atomic mass is 10.0. The lowest BCUT2D eigenvalue weighted by Crippen LogP contribution is -2.55. The molecule has 1 aliphatic heterocycles. The summed E-state index contributed by atoms with van der Waals surface area (Å²) in [5.74, 6) is 2.67. The average Bonchev–Trinajstić information content (AvgIpc) is 2.47. The van der Waals surface area contributed by atoms with Gasteiger partial charge in [0.05, 0.1) is 0 Å². The Morgan fingerprint density at radius 3 is 2.38 bits per heavy atom. The van der Waals surface area contributed by atoms with Crippen LogP contribution < -0.4 is 10.6 Å². The Bertz CT molecular complexity index is 300. The van der Waals surface area contributed by atoms with Crippen LogP contribution in [0.25, 0.3) is 0 Å². The first-order valence-corrected chi connectivity index (χ1v) is 9.34. The molecule has 0 aliphatic carbocycles. The van der Waals surface area contributed by atoms with E-state index in [2.05, 4.69) is 52.6 Å². The van der Waals surface area contributed by atoms with Gasteiger partial charge in [-0.1, -0.05) is 13.8 Å². The van der Waals surface area contributed by atoms with E-state index in [-0.39, 0.29) is 0 Å². The number of rotatable bonds is 7. The van der Waals surface area contributed by atoms with Crippen molar-refractivity contribution in [2.75, 3.05) is 65.4 Å². The van der Waals surface area contributed by atoms with Gasteiger partial charge in [0.2, 0.25) is 0 Å². The molecule has 1 saturated heterocycles. The number of nitrogens with zero attached hydrogens (tertiary/aromatic N) is 3. The average molecular weight is 316 g/mol. The maximum atomic E-state index is 4.31. The van der Waals surface area contributed by atoms with Crippen LogP contribution in [-0.4, -0.2) is 87.2 Å². The standard InChI is InChI=1S/C15H33N5S/c1-13(2)14(20-9-7-19(4)8-10-20)12-18-15(16-3)17-6-11-21-5/h13-14H,6-12H2,1-5H3,(H2,16,17,18). The molecule has 1 aliphatic rings. The summed E-state index contributed by atoms with van der Waals surface area (Å²) in [6.45, 7) is 11.2. The molecule has 5 nitrogen and oxygen atoms in total. The van der Waals surface area contributed by atoms with E-state index in [1.807, 2.05) is 18.8 Å². The first-order chi connectivity index (χ1) is 10.1. The van der Waals surface area contributed by atoms with E-state index in [1.165, 1.54) is 26.2 Å². The van der Waals surface area contributed by atoms with Crippen molar-refractivity contribution in [3.63, 3.8) is 0 Å². The number of thioether (sulfide) groups is 1. The van der Waals surface area contributed by atoms with Crippen LogP contribution in [0.5, 0.6) is 0 Å². The second-order valence-electron chi connectivity index (χ2n) is 6.02. The molecule has 2 N–H and O–H groups in total. The number of aliphatic imine (C=N–C) groups is 1. The van der Waals surface area contributed by atoms with Crippen molar-refractivity contribution in [2.24, 2.45) is 10.9 Å². The van der Waals surface area contributed by atoms with Crippen LogP contribution in [0.15, 0.2) is 4.99 Å². The summed E-state index contributed by atoms with van der Waals surface area (Å²) in [6, 6.07) is 0.567. The summed E-state index contributed by atoms with van der Waals surface area (Å²) >= 11 is 1.85. The maximum Gasteiger partial charge on any atom is 0.191 e. The Hall–Kier alpha value is -0.460. The third-order valence-corrected chi connectivity index (χ3v) is 4.69. The molecule has 1 atom stereocenters. The van der Waals surface area contributed by atoms with Gasteiger partial charge >= 0.3 is 0 Å². The minimum absolute atomic E-state index is 0.567. The van der Waals surface area contributed by atoms with Gasteiger partial charge < -0.3 is 15.5 Å². The topological polar surface area (TPSA) is 42.9 Å². The minimum Gasteiger partial charge on any atom is -0.356 e. The molecule has 6 heteroatoms. The summed E-state index contributed by atoms with van der Waals surface area (Å²) < 4.78 is 0. The van der Waals surface area contributed by atoms with E-state index >= 15 is 0 Å². The van der Waals surface area contributed by atoms with Gasteiger partial charge in [-0.2, -0.15) is 11.8 Å². The van der Waals surface area contributed by atoms with Crippen LogP contribution in [0.3, 0.4) is 0 Å². The fourth-order valence-electron chi connectivity index (χ4n) is 2.63. The lowest BCUT2D eigenvalue weighted by Gasteiger charge is -2.40. The Balaban J connectivity index is 2.43. The summed E-state index contributed by atoms with van der Waals surface area (Å²) in [6.07, 6.45) is 2.13. The number of piperazine rings is 1. The van der Waals surface area contributed by atoms with Crippen molar-refractivity contribution >= 4 is 17.7 Å². The molecule has 124 valence electrons. The zero-order chi connectivity index (χ0) is 15.7. The van der Waals surface area contributed by atoms with Crippen LogP contribution in [0.1, 0.15) is 13.8 Å². The molecule has 0 aromatic heterocycles. The molecule has 0 amide bonds. The zero-order valence-electron chi connectivity index (χ0n) is 14.4. The fourth-order valence-corrected chi connectivity index (χ4v) is 2.94. The largest absolute Gasteiger partial charge is 0.356 e. The molecule has 0 radical (unpaired) electrons. The van der Waals surface area contributed by atoms with Gasteiger partial charge in [-0.05, 0) is 19.2 Å². The molecule has 21 heavy (non-hydrogen) atoms. The zero-order valence-corrected chi connectivity index (χ0v) is 15.2. The highest BCUT2D eigenvalue weighted by Crippen LogP contribution is 2.12. The number of hydrogen-bond donors (Lipinski definition) is 2. The molecule has 1 fully saturated rings. The fraction of sp³-hybridized carbons (Fsp3) is 0.933. The molecular formula is C15H33N5S. The third-order valence-electron chi connectivity index (χ3n) is 4.08. The quantitative estimate of drug-likeness (QED) is 0.413. The summed E-state index contributed by atoms with van der Waals surface area (Å²) in [4.78, 5) is 9.33. The third kappa shape index (κ3) is 6.89. The highest BCUT2D eigenvalue weighted by molar-refractivity contribution is 7.98. The molecule has 1 unspecified atom stereocenters. The second kappa shape index (κ2) is 10.3. The van der Waals surface area contributed by atoms with E-state index in [4.69, 9.17) is 0 Å². The monoisotopic (exact) mass is 315 g/mol. The highest BCUT2D eigenvalue weighted by atomic mass is 32.2. The summed E-state index contributed by atoms with van der Waals surface area (Å²) in [7, 11) is 4.05. The minimum atomic E-state index is 0.567. The van der Waals surface area contributed by atoms with Gasteiger partial charge in [-0.25, -0.2) is 0 Å². The number of likely N-dealkylation sites (N-methyl/N-ethyl adjacent to an activating group) is 1. The van der Waals surface area contributed by atoms with Crippen LogP contribution in [-0.2, 0) is 0 Å². The van der Waals surface area contributed by atoms with Gasteiger partial charge in [0.1, 0.15) is 0 Å². The van der Waals surface area contributed by atoms with E-state index in [0.29, 0.717) is 12.0 Å². The molecule has 1 heterocycles. The molecule has 0 saturated carbocycles. The van der Waals surface area contributed by atoms with E-state index < -0.39 is 0 Å². The molecular weight excluding hydrogens is 282 g/mol. The molecule has 0 bridgehead atoms. The normalized spacial score (nSPS) is 19.8. The number of guanidine groups is 1. The second-order valence-corrected chi connectivity index (χ2v) is 7.01. The van der Waals surface area contributed by atoms with Crippen molar-refractivity contribution in [3.8, 4) is 0 Å². The Morgan fingerprint density at radius 2 is 1.86 bits per heavy atom. The molecule has 1 rings (SSSR count). The first kappa shape index (κ1) is 18.6. The smallest absolute Gasteiger partial charge is 0.191 e. The Kier molecular flexibility index (Phi) is 9.11. The van der Waals surface area contributed by atoms with E-state index in [0.717, 1.165) is 24.8 Å². The molecule has 0 aromatic rings. The van der Waals surface area contributed by atoms with Crippen LogP contribution in [0.4, 0.5) is 0 Å². The predicted molar refractivity (Wildman–Crippen MR) is 95.4 cm³/mol. The first-order valence-electron chi connectivity index (χ1n) is 7.94. The van der Waals surface area contributed by atoms with Gasteiger partial charge in [0.25, 0.3) is 0 Å². The number of hydrogen-bond acceptors (Lipinski definition) is 4. The van der Waals surface area contributed by atoms with Crippen LogP contribution >= 0.6 is 11.8 Å². The van der Waals surface area contributed by atoms with Crippen LogP contribution in [0, 0.1) is 5.92 Å². The van der Waals surface area contributed by atoms with Crippen molar-refractivity contribution in [2.45, 2.75) is 19.9 Å². The van der Waals surface area contributed by atoms with Gasteiger partial charge in [-0.3, -0.25) is 9.89 Å². The van der Waals surface area contributed by atoms with Crippen molar-refractivity contribution < 1.29 is 0 Å². The van der Waals surface area contributed by atoms with Crippen LogP contribution in [0.2, 0.25) is 0 Å². The Morgan fingerprint density at radius 1 is 1.19 bits per heavy atom. The van der Waals surface area contributed by atoms with Crippen molar-refractivity contribution in [3.05, 3.63) is 0 Å². The predicted octanol–water partition coefficient (Wildman–Crippen LogP) is 0.786. The maximum absolute atomic E-state index is 4.31. The van der Waals surface area contributed by atoms with Crippen molar-refractivity contribution in [1.82, 2.24) is 20.4 Å². The van der Waals surface area contributed by atoms with Gasteiger partial charge in [-0.15, -0.1) is 0 Å². The highest BCUT2D eigenvalue weighted by Gasteiger charge is 2.24. The summed E-state index contributed by atoms with van der Waals surface area (Å²) in [5.41, 5.74) is 0. The van der Waals surface area contributed by atoms with E-state index in [1.54, 1.807) is 0 Å². The number of nitrogens with one attached hydrogen (secondary N) is 2. The van der Waals surface area contributed by atoms with Gasteiger partial charge in [0, 0.05) is 58.1 Å². The molecule has 0 aromatic carbocycles. The Labute approximate surface area is 134 Å². The SMILES string of the molecule is CN=C(NCCSC)NCC(C(C)C)N1CCN(C)CC1. The summed E-state index contributed by atoms with van der Waals surface area (Å²) in [5, 5.41) is 6.86. The van der Waals surface area contributed by atoms with E-state index in [9.17, 15) is 0 Å². The molecule has 0 spiro atoms. The van der Waals surface area contributed by atoms with Crippen molar-refractivity contribution in [1.29, 1.82) is 0 Å².